The van der Waals surface area contributed by atoms with E-state index in [9.17, 15) is 4.79 Å². The average Bonchev–Trinajstić information content (AvgIpc) is 2.41. The number of rotatable bonds is 1. The fourth-order valence-corrected chi connectivity index (χ4v) is 2.12. The maximum atomic E-state index is 11.7. The number of methoxy groups -OCH3 is 1. The van der Waals surface area contributed by atoms with Crippen LogP contribution in [0.4, 0.5) is 0 Å². The Morgan fingerprint density at radius 3 is 3.00 bits per heavy atom. The number of hydrogen-bond acceptors (Lipinski definition) is 2. The lowest BCUT2D eigenvalue weighted by molar-refractivity contribution is 0.0956. The standard InChI is InChI=1S/C11H12ClNO2/c1-15-8-5-4-7-3-2-6-13-11(14)9(7)10(8)12/h4-5H,2-3,6H2,1H3,(H,13,14). The second-order valence-corrected chi connectivity index (χ2v) is 3.85. The lowest BCUT2D eigenvalue weighted by Crippen LogP contribution is -2.23. The molecule has 1 aromatic carbocycles. The van der Waals surface area contributed by atoms with Gasteiger partial charge in [0.15, 0.2) is 0 Å². The average molecular weight is 226 g/mol. The number of amides is 1. The Labute approximate surface area is 93.4 Å². The van der Waals surface area contributed by atoms with Gasteiger partial charge in [-0.15, -0.1) is 0 Å². The number of benzene rings is 1. The third kappa shape index (κ3) is 1.79. The number of aryl methyl sites for hydroxylation is 1. The summed E-state index contributed by atoms with van der Waals surface area (Å²) in [5.41, 5.74) is 1.56. The van der Waals surface area contributed by atoms with E-state index >= 15 is 0 Å². The third-order valence-corrected chi connectivity index (χ3v) is 2.92. The van der Waals surface area contributed by atoms with Crippen LogP contribution in [0.3, 0.4) is 0 Å². The van der Waals surface area contributed by atoms with E-state index in [1.54, 1.807) is 13.2 Å². The Bertz CT molecular complexity index is 404. The summed E-state index contributed by atoms with van der Waals surface area (Å²) in [6.45, 7) is 0.701. The number of ether oxygens (including phenoxy) is 1. The summed E-state index contributed by atoms with van der Waals surface area (Å²) >= 11 is 6.11. The second kappa shape index (κ2) is 4.11. The van der Waals surface area contributed by atoms with Crippen LogP contribution in [0.2, 0.25) is 5.02 Å². The lowest BCUT2D eigenvalue weighted by Gasteiger charge is -2.10. The smallest absolute Gasteiger partial charge is 0.253 e. The van der Waals surface area contributed by atoms with Gasteiger partial charge in [-0.3, -0.25) is 4.79 Å². The van der Waals surface area contributed by atoms with Gasteiger partial charge in [-0.05, 0) is 24.5 Å². The summed E-state index contributed by atoms with van der Waals surface area (Å²) in [5.74, 6) is 0.443. The van der Waals surface area contributed by atoms with Crippen LogP contribution in [0.1, 0.15) is 22.3 Å². The maximum Gasteiger partial charge on any atom is 0.253 e. The highest BCUT2D eigenvalue weighted by Crippen LogP contribution is 2.31. The van der Waals surface area contributed by atoms with Gasteiger partial charge >= 0.3 is 0 Å². The Kier molecular flexibility index (Phi) is 2.82. The Balaban J connectivity index is 2.57. The van der Waals surface area contributed by atoms with Crippen molar-refractivity contribution in [3.63, 3.8) is 0 Å². The minimum atomic E-state index is -0.105. The van der Waals surface area contributed by atoms with Crippen molar-refractivity contribution in [2.45, 2.75) is 12.8 Å². The van der Waals surface area contributed by atoms with Gasteiger partial charge in [0.1, 0.15) is 5.75 Å². The van der Waals surface area contributed by atoms with Crippen LogP contribution >= 0.6 is 11.6 Å². The summed E-state index contributed by atoms with van der Waals surface area (Å²) in [6.07, 6.45) is 1.82. The van der Waals surface area contributed by atoms with Crippen molar-refractivity contribution >= 4 is 17.5 Å². The molecule has 3 nitrogen and oxygen atoms in total. The molecule has 2 rings (SSSR count). The molecule has 1 aliphatic heterocycles. The molecule has 0 radical (unpaired) electrons. The predicted octanol–water partition coefficient (Wildman–Crippen LogP) is 2.02. The first-order valence-electron chi connectivity index (χ1n) is 4.87. The van der Waals surface area contributed by atoms with Gasteiger partial charge in [0.25, 0.3) is 5.91 Å². The van der Waals surface area contributed by atoms with Crippen LogP contribution in [0.15, 0.2) is 12.1 Å². The van der Waals surface area contributed by atoms with E-state index in [-0.39, 0.29) is 5.91 Å². The van der Waals surface area contributed by atoms with E-state index in [0.717, 1.165) is 18.4 Å². The molecule has 0 aromatic heterocycles. The van der Waals surface area contributed by atoms with Crippen LogP contribution in [-0.4, -0.2) is 19.6 Å². The summed E-state index contributed by atoms with van der Waals surface area (Å²) < 4.78 is 5.09. The maximum absolute atomic E-state index is 11.7. The van der Waals surface area contributed by atoms with Crippen LogP contribution in [0.25, 0.3) is 0 Å². The van der Waals surface area contributed by atoms with Gasteiger partial charge in [0, 0.05) is 6.54 Å². The number of hydrogen-bond donors (Lipinski definition) is 1. The highest BCUT2D eigenvalue weighted by Gasteiger charge is 2.20. The molecule has 15 heavy (non-hydrogen) atoms. The van der Waals surface area contributed by atoms with Crippen molar-refractivity contribution in [1.29, 1.82) is 0 Å². The highest BCUT2D eigenvalue weighted by atomic mass is 35.5. The second-order valence-electron chi connectivity index (χ2n) is 3.48. The third-order valence-electron chi connectivity index (χ3n) is 2.55. The van der Waals surface area contributed by atoms with Crippen molar-refractivity contribution in [3.05, 3.63) is 28.3 Å². The van der Waals surface area contributed by atoms with Crippen molar-refractivity contribution in [1.82, 2.24) is 5.32 Å². The number of nitrogens with one attached hydrogen (secondary N) is 1. The first-order valence-corrected chi connectivity index (χ1v) is 5.25. The topological polar surface area (TPSA) is 38.3 Å². The Morgan fingerprint density at radius 1 is 1.47 bits per heavy atom. The van der Waals surface area contributed by atoms with Gasteiger partial charge < -0.3 is 10.1 Å². The number of fused-ring (bicyclic) bond motifs is 1. The largest absolute Gasteiger partial charge is 0.495 e. The van der Waals surface area contributed by atoms with Crippen LogP contribution in [-0.2, 0) is 6.42 Å². The van der Waals surface area contributed by atoms with Gasteiger partial charge in [-0.25, -0.2) is 0 Å². The van der Waals surface area contributed by atoms with E-state index in [4.69, 9.17) is 16.3 Å². The van der Waals surface area contributed by atoms with Crippen molar-refractivity contribution in [2.75, 3.05) is 13.7 Å². The number of halogens is 1. The van der Waals surface area contributed by atoms with Crippen LogP contribution in [0.5, 0.6) is 5.75 Å². The summed E-state index contributed by atoms with van der Waals surface area (Å²) in [4.78, 5) is 11.7. The molecule has 0 fully saturated rings. The van der Waals surface area contributed by atoms with Gasteiger partial charge in [0.2, 0.25) is 0 Å². The molecule has 80 valence electrons. The summed E-state index contributed by atoms with van der Waals surface area (Å²) in [7, 11) is 1.54. The molecule has 0 saturated heterocycles. The van der Waals surface area contributed by atoms with E-state index in [1.165, 1.54) is 0 Å². The molecule has 1 N–H and O–H groups in total. The fraction of sp³-hybridized carbons (Fsp3) is 0.364. The highest BCUT2D eigenvalue weighted by molar-refractivity contribution is 6.35. The Morgan fingerprint density at radius 2 is 2.27 bits per heavy atom. The molecule has 0 unspecified atom stereocenters. The molecular formula is C11H12ClNO2. The van der Waals surface area contributed by atoms with Crippen molar-refractivity contribution in [2.24, 2.45) is 0 Å². The van der Waals surface area contributed by atoms with E-state index in [1.807, 2.05) is 6.07 Å². The van der Waals surface area contributed by atoms with Crippen LogP contribution < -0.4 is 10.1 Å². The van der Waals surface area contributed by atoms with Crippen molar-refractivity contribution < 1.29 is 9.53 Å². The van der Waals surface area contributed by atoms with E-state index in [2.05, 4.69) is 5.32 Å². The quantitative estimate of drug-likeness (QED) is 0.794. The first-order chi connectivity index (χ1) is 7.24. The molecule has 0 saturated carbocycles. The molecule has 1 aliphatic rings. The van der Waals surface area contributed by atoms with E-state index in [0.29, 0.717) is 22.9 Å². The van der Waals surface area contributed by atoms with Gasteiger partial charge in [-0.2, -0.15) is 0 Å². The Hall–Kier alpha value is -1.22. The summed E-state index contributed by atoms with van der Waals surface area (Å²) in [5, 5.41) is 3.23. The zero-order valence-electron chi connectivity index (χ0n) is 8.47. The molecule has 4 heteroatoms. The molecule has 0 spiro atoms. The van der Waals surface area contributed by atoms with Gasteiger partial charge in [0.05, 0.1) is 17.7 Å². The molecule has 1 amide bonds. The SMILES string of the molecule is COc1ccc2c(c1Cl)C(=O)NCCC2. The number of carbonyl (C=O) groups is 1. The van der Waals surface area contributed by atoms with Gasteiger partial charge in [-0.1, -0.05) is 17.7 Å². The predicted molar refractivity (Wildman–Crippen MR) is 58.7 cm³/mol. The molecular weight excluding hydrogens is 214 g/mol. The minimum Gasteiger partial charge on any atom is -0.495 e. The molecule has 0 bridgehead atoms. The molecule has 1 heterocycles. The van der Waals surface area contributed by atoms with Crippen LogP contribution in [0, 0.1) is 0 Å². The lowest BCUT2D eigenvalue weighted by atomic mass is 10.0. The first kappa shape index (κ1) is 10.3. The fourth-order valence-electron chi connectivity index (χ4n) is 1.78. The normalized spacial score (nSPS) is 15.2. The summed E-state index contributed by atoms with van der Waals surface area (Å²) in [6, 6.07) is 3.71. The zero-order chi connectivity index (χ0) is 10.8. The monoisotopic (exact) mass is 225 g/mol. The molecule has 1 aromatic rings. The van der Waals surface area contributed by atoms with E-state index < -0.39 is 0 Å². The zero-order valence-corrected chi connectivity index (χ0v) is 9.23. The minimum absolute atomic E-state index is 0.105. The molecule has 0 atom stereocenters. The number of carbonyl (C=O) groups excluding carboxylic acids is 1. The van der Waals surface area contributed by atoms with Crippen molar-refractivity contribution in [3.8, 4) is 5.75 Å². The molecule has 0 aliphatic carbocycles.